The maximum absolute atomic E-state index is 4.52. The Morgan fingerprint density at radius 3 is 2.78 bits per heavy atom. The van der Waals surface area contributed by atoms with Crippen LogP contribution in [0.2, 0.25) is 0 Å². The zero-order valence-corrected chi connectivity index (χ0v) is 13.6. The fraction of sp³-hybridized carbons (Fsp3) is 0.0625. The second-order valence-electron chi connectivity index (χ2n) is 5.08. The number of rotatable bonds is 4. The van der Waals surface area contributed by atoms with E-state index in [1.165, 1.54) is 0 Å². The summed E-state index contributed by atoms with van der Waals surface area (Å²) in [5.41, 5.74) is 3.67. The first-order valence-corrected chi connectivity index (χ1v) is 7.91. The van der Waals surface area contributed by atoms with Crippen LogP contribution in [0.1, 0.15) is 5.82 Å². The summed E-state index contributed by atoms with van der Waals surface area (Å²) in [6.07, 6.45) is 5.30. The Morgan fingerprint density at radius 2 is 2.00 bits per heavy atom. The Hall–Kier alpha value is -2.67. The second kappa shape index (κ2) is 5.85. The van der Waals surface area contributed by atoms with Crippen LogP contribution >= 0.6 is 15.9 Å². The summed E-state index contributed by atoms with van der Waals surface area (Å²) in [5.74, 6) is 1.71. The van der Waals surface area contributed by atoms with Crippen molar-refractivity contribution in [2.75, 3.05) is 5.32 Å². The summed E-state index contributed by atoms with van der Waals surface area (Å²) in [6.45, 7) is 0.662. The molecule has 1 aromatic carbocycles. The van der Waals surface area contributed by atoms with Gasteiger partial charge in [0.25, 0.3) is 0 Å². The van der Waals surface area contributed by atoms with Crippen molar-refractivity contribution in [2.45, 2.75) is 6.54 Å². The minimum Gasteiger partial charge on any atom is -0.378 e. The molecule has 0 saturated heterocycles. The predicted molar refractivity (Wildman–Crippen MR) is 92.9 cm³/mol. The van der Waals surface area contributed by atoms with Gasteiger partial charge in [-0.2, -0.15) is 0 Å². The Balaban J connectivity index is 1.54. The van der Waals surface area contributed by atoms with Gasteiger partial charge in [0, 0.05) is 34.3 Å². The molecule has 0 atom stereocenters. The standard InChI is InChI=1S/C16H13BrN6/c17-11-7-13-16(21-8-11)23-15(22-13)10-1-3-12(4-2-10)20-9-14-18-5-6-19-14/h1-8,20H,9H2,(H,18,19)(H,21,22,23). The first kappa shape index (κ1) is 14.0. The molecule has 4 rings (SSSR count). The van der Waals surface area contributed by atoms with Crippen LogP contribution in [0, 0.1) is 0 Å². The van der Waals surface area contributed by atoms with Gasteiger partial charge in [-0.3, -0.25) is 0 Å². The van der Waals surface area contributed by atoms with Crippen molar-refractivity contribution in [2.24, 2.45) is 0 Å². The van der Waals surface area contributed by atoms with Gasteiger partial charge in [0.05, 0.1) is 12.1 Å². The van der Waals surface area contributed by atoms with Gasteiger partial charge in [0.1, 0.15) is 11.6 Å². The lowest BCUT2D eigenvalue weighted by molar-refractivity contribution is 1.00. The Kier molecular flexibility index (Phi) is 3.55. The van der Waals surface area contributed by atoms with Crippen molar-refractivity contribution >= 4 is 32.8 Å². The van der Waals surface area contributed by atoms with Gasteiger partial charge in [-0.1, -0.05) is 0 Å². The number of nitrogens with one attached hydrogen (secondary N) is 3. The van der Waals surface area contributed by atoms with E-state index in [4.69, 9.17) is 0 Å². The van der Waals surface area contributed by atoms with E-state index < -0.39 is 0 Å². The molecule has 0 saturated carbocycles. The molecule has 0 unspecified atom stereocenters. The maximum atomic E-state index is 4.52. The van der Waals surface area contributed by atoms with E-state index in [0.29, 0.717) is 12.2 Å². The lowest BCUT2D eigenvalue weighted by Gasteiger charge is -2.05. The third-order valence-electron chi connectivity index (χ3n) is 3.48. The van der Waals surface area contributed by atoms with Gasteiger partial charge >= 0.3 is 0 Å². The number of benzene rings is 1. The van der Waals surface area contributed by atoms with Crippen LogP contribution in [0.3, 0.4) is 0 Å². The molecule has 0 fully saturated rings. The number of aromatic amines is 2. The van der Waals surface area contributed by atoms with Crippen molar-refractivity contribution in [3.8, 4) is 11.4 Å². The summed E-state index contributed by atoms with van der Waals surface area (Å²) >= 11 is 3.41. The van der Waals surface area contributed by atoms with Crippen LogP contribution in [-0.4, -0.2) is 24.9 Å². The molecule has 0 aliphatic rings. The molecule has 0 bridgehead atoms. The molecule has 6 nitrogen and oxygen atoms in total. The number of imidazole rings is 2. The molecule has 0 radical (unpaired) electrons. The highest BCUT2D eigenvalue weighted by Gasteiger charge is 2.06. The molecule has 4 aromatic rings. The number of fused-ring (bicyclic) bond motifs is 1. The van der Waals surface area contributed by atoms with Crippen LogP contribution in [0.15, 0.2) is 53.4 Å². The van der Waals surface area contributed by atoms with Crippen LogP contribution in [0.5, 0.6) is 0 Å². The van der Waals surface area contributed by atoms with E-state index in [0.717, 1.165) is 32.9 Å². The van der Waals surface area contributed by atoms with Crippen molar-refractivity contribution in [3.05, 3.63) is 59.2 Å². The van der Waals surface area contributed by atoms with Gasteiger partial charge in [-0.15, -0.1) is 0 Å². The monoisotopic (exact) mass is 368 g/mol. The lowest BCUT2D eigenvalue weighted by atomic mass is 10.2. The first-order valence-electron chi connectivity index (χ1n) is 7.12. The molecule has 23 heavy (non-hydrogen) atoms. The summed E-state index contributed by atoms with van der Waals surface area (Å²) in [7, 11) is 0. The van der Waals surface area contributed by atoms with Gasteiger partial charge in [-0.25, -0.2) is 15.0 Å². The summed E-state index contributed by atoms with van der Waals surface area (Å²) in [5, 5.41) is 3.32. The van der Waals surface area contributed by atoms with Crippen LogP contribution in [0.25, 0.3) is 22.6 Å². The highest BCUT2D eigenvalue weighted by atomic mass is 79.9. The van der Waals surface area contributed by atoms with Gasteiger partial charge in [-0.05, 0) is 46.3 Å². The molecule has 0 aliphatic carbocycles. The van der Waals surface area contributed by atoms with E-state index in [1.807, 2.05) is 36.5 Å². The van der Waals surface area contributed by atoms with Crippen LogP contribution in [0.4, 0.5) is 5.69 Å². The molecular formula is C16H13BrN6. The van der Waals surface area contributed by atoms with Crippen molar-refractivity contribution in [3.63, 3.8) is 0 Å². The minimum atomic E-state index is 0.662. The van der Waals surface area contributed by atoms with Crippen LogP contribution < -0.4 is 5.32 Å². The van der Waals surface area contributed by atoms with Crippen molar-refractivity contribution in [1.82, 2.24) is 24.9 Å². The third kappa shape index (κ3) is 2.95. The topological polar surface area (TPSA) is 82.3 Å². The SMILES string of the molecule is Brc1cnc2nc(-c3ccc(NCc4ncc[nH]4)cc3)[nH]c2c1. The average molecular weight is 369 g/mol. The van der Waals surface area contributed by atoms with Crippen molar-refractivity contribution in [1.29, 1.82) is 0 Å². The molecule has 114 valence electrons. The quantitative estimate of drug-likeness (QED) is 0.512. The van der Waals surface area contributed by atoms with E-state index in [9.17, 15) is 0 Å². The Bertz CT molecular complexity index is 927. The summed E-state index contributed by atoms with van der Waals surface area (Å²) < 4.78 is 0.928. The molecular weight excluding hydrogens is 356 g/mol. The smallest absolute Gasteiger partial charge is 0.178 e. The minimum absolute atomic E-state index is 0.662. The predicted octanol–water partition coefficient (Wildman–Crippen LogP) is 3.72. The van der Waals surface area contributed by atoms with Gasteiger partial charge < -0.3 is 15.3 Å². The highest BCUT2D eigenvalue weighted by molar-refractivity contribution is 9.10. The van der Waals surface area contributed by atoms with E-state index >= 15 is 0 Å². The molecule has 0 amide bonds. The van der Waals surface area contributed by atoms with E-state index in [-0.39, 0.29) is 0 Å². The number of hydrogen-bond donors (Lipinski definition) is 3. The summed E-state index contributed by atoms with van der Waals surface area (Å²) in [4.78, 5) is 19.3. The zero-order valence-electron chi connectivity index (χ0n) is 12.0. The highest BCUT2D eigenvalue weighted by Crippen LogP contribution is 2.23. The lowest BCUT2D eigenvalue weighted by Crippen LogP contribution is -2.00. The number of pyridine rings is 1. The molecule has 7 heteroatoms. The number of nitrogens with zero attached hydrogens (tertiary/aromatic N) is 3. The van der Waals surface area contributed by atoms with E-state index in [2.05, 4.69) is 46.2 Å². The number of H-pyrrole nitrogens is 2. The first-order chi connectivity index (χ1) is 11.3. The van der Waals surface area contributed by atoms with Crippen molar-refractivity contribution < 1.29 is 0 Å². The zero-order chi connectivity index (χ0) is 15.6. The van der Waals surface area contributed by atoms with Crippen LogP contribution in [-0.2, 0) is 6.54 Å². The normalized spacial score (nSPS) is 11.0. The molecule has 0 aliphatic heterocycles. The number of halogens is 1. The van der Waals surface area contributed by atoms with Gasteiger partial charge in [0.15, 0.2) is 5.65 Å². The molecule has 0 spiro atoms. The largest absolute Gasteiger partial charge is 0.378 e. The van der Waals surface area contributed by atoms with E-state index in [1.54, 1.807) is 12.4 Å². The number of hydrogen-bond acceptors (Lipinski definition) is 4. The fourth-order valence-corrected chi connectivity index (χ4v) is 2.67. The maximum Gasteiger partial charge on any atom is 0.178 e. The summed E-state index contributed by atoms with van der Waals surface area (Å²) in [6, 6.07) is 10.1. The Labute approximate surface area is 140 Å². The number of aromatic nitrogens is 5. The third-order valence-corrected chi connectivity index (χ3v) is 3.91. The second-order valence-corrected chi connectivity index (χ2v) is 5.99. The Morgan fingerprint density at radius 1 is 1.13 bits per heavy atom. The molecule has 3 N–H and O–H groups in total. The number of anilines is 1. The molecule has 3 heterocycles. The average Bonchev–Trinajstić information content (AvgIpc) is 3.22. The van der Waals surface area contributed by atoms with Gasteiger partial charge in [0.2, 0.25) is 0 Å². The molecule has 3 aromatic heterocycles. The fourth-order valence-electron chi connectivity index (χ4n) is 2.34.